The SMILES string of the molecule is CCc1ccc(-c2nc(SCC(=O)Nc3ccc(SC(F)F)cc3)n[nH]2)cc1. The third-order valence-corrected chi connectivity index (χ3v) is 5.37. The van der Waals surface area contributed by atoms with Gasteiger partial charge in [0, 0.05) is 16.1 Å². The van der Waals surface area contributed by atoms with Crippen LogP contribution in [0.25, 0.3) is 11.4 Å². The summed E-state index contributed by atoms with van der Waals surface area (Å²) >= 11 is 1.68. The molecule has 9 heteroatoms. The minimum absolute atomic E-state index is 0.138. The Labute approximate surface area is 169 Å². The number of aromatic nitrogens is 3. The highest BCUT2D eigenvalue weighted by Crippen LogP contribution is 2.26. The average molecular weight is 421 g/mol. The molecule has 1 heterocycles. The van der Waals surface area contributed by atoms with Crippen molar-refractivity contribution in [3.05, 3.63) is 54.1 Å². The number of anilines is 1. The maximum Gasteiger partial charge on any atom is 0.288 e. The number of carbonyl (C=O) groups excluding carboxylic acids is 1. The molecule has 28 heavy (non-hydrogen) atoms. The largest absolute Gasteiger partial charge is 0.325 e. The van der Waals surface area contributed by atoms with Gasteiger partial charge in [-0.25, -0.2) is 4.98 Å². The molecule has 0 spiro atoms. The second-order valence-electron chi connectivity index (χ2n) is 5.76. The molecule has 1 aromatic heterocycles. The van der Waals surface area contributed by atoms with Gasteiger partial charge < -0.3 is 5.32 Å². The van der Waals surface area contributed by atoms with E-state index in [9.17, 15) is 13.6 Å². The van der Waals surface area contributed by atoms with Gasteiger partial charge in [0.05, 0.1) is 5.75 Å². The molecule has 0 atom stereocenters. The van der Waals surface area contributed by atoms with Gasteiger partial charge >= 0.3 is 0 Å². The maximum atomic E-state index is 12.3. The van der Waals surface area contributed by atoms with E-state index in [1.54, 1.807) is 24.3 Å². The average Bonchev–Trinajstić information content (AvgIpc) is 3.17. The van der Waals surface area contributed by atoms with Crippen LogP contribution < -0.4 is 5.32 Å². The molecule has 2 aromatic carbocycles. The van der Waals surface area contributed by atoms with Gasteiger partial charge in [-0.15, -0.1) is 5.10 Å². The van der Waals surface area contributed by atoms with Crippen LogP contribution in [0.5, 0.6) is 0 Å². The Kier molecular flexibility index (Phi) is 7.05. The zero-order valence-electron chi connectivity index (χ0n) is 15.0. The molecular formula is C19H18F2N4OS2. The number of rotatable bonds is 8. The number of halogens is 2. The van der Waals surface area contributed by atoms with E-state index >= 15 is 0 Å². The Morgan fingerprint density at radius 2 is 1.86 bits per heavy atom. The predicted octanol–water partition coefficient (Wildman–Crippen LogP) is 5.08. The van der Waals surface area contributed by atoms with Crippen molar-refractivity contribution >= 4 is 35.1 Å². The van der Waals surface area contributed by atoms with E-state index in [1.165, 1.54) is 17.3 Å². The summed E-state index contributed by atoms with van der Waals surface area (Å²) in [6.45, 7) is 2.10. The van der Waals surface area contributed by atoms with Gasteiger partial charge in [-0.2, -0.15) is 8.78 Å². The van der Waals surface area contributed by atoms with E-state index in [4.69, 9.17) is 0 Å². The number of hydrogen-bond donors (Lipinski definition) is 2. The molecule has 1 amide bonds. The molecule has 0 bridgehead atoms. The zero-order chi connectivity index (χ0) is 19.9. The summed E-state index contributed by atoms with van der Waals surface area (Å²) in [6.07, 6.45) is 0.973. The summed E-state index contributed by atoms with van der Waals surface area (Å²) in [4.78, 5) is 16.9. The summed E-state index contributed by atoms with van der Waals surface area (Å²) in [6, 6.07) is 14.3. The van der Waals surface area contributed by atoms with Gasteiger partial charge in [-0.05, 0) is 36.2 Å². The summed E-state index contributed by atoms with van der Waals surface area (Å²) in [5, 5.41) is 10.2. The van der Waals surface area contributed by atoms with Crippen LogP contribution in [-0.4, -0.2) is 32.6 Å². The van der Waals surface area contributed by atoms with Crippen LogP contribution in [0.4, 0.5) is 14.5 Å². The lowest BCUT2D eigenvalue weighted by Crippen LogP contribution is -2.14. The zero-order valence-corrected chi connectivity index (χ0v) is 16.6. The van der Waals surface area contributed by atoms with Crippen molar-refractivity contribution in [1.29, 1.82) is 0 Å². The number of alkyl halides is 2. The van der Waals surface area contributed by atoms with Gasteiger partial charge in [0.2, 0.25) is 11.1 Å². The van der Waals surface area contributed by atoms with Crippen molar-refractivity contribution in [2.45, 2.75) is 29.2 Å². The van der Waals surface area contributed by atoms with Crippen molar-refractivity contribution < 1.29 is 13.6 Å². The molecular weight excluding hydrogens is 402 g/mol. The van der Waals surface area contributed by atoms with Crippen LogP contribution in [0.1, 0.15) is 12.5 Å². The smallest absolute Gasteiger partial charge is 0.288 e. The minimum Gasteiger partial charge on any atom is -0.325 e. The first-order valence-corrected chi connectivity index (χ1v) is 10.4. The maximum absolute atomic E-state index is 12.3. The van der Waals surface area contributed by atoms with Crippen LogP contribution in [0.15, 0.2) is 58.6 Å². The van der Waals surface area contributed by atoms with Gasteiger partial charge in [-0.3, -0.25) is 9.89 Å². The Bertz CT molecular complexity index is 914. The molecule has 3 rings (SSSR count). The first-order chi connectivity index (χ1) is 13.5. The van der Waals surface area contributed by atoms with Crippen LogP contribution in [0, 0.1) is 0 Å². The normalized spacial score (nSPS) is 11.0. The Hall–Kier alpha value is -2.39. The number of amides is 1. The number of aromatic amines is 1. The highest BCUT2D eigenvalue weighted by atomic mass is 32.2. The Morgan fingerprint density at radius 1 is 1.14 bits per heavy atom. The van der Waals surface area contributed by atoms with Gasteiger partial charge in [0.25, 0.3) is 5.76 Å². The molecule has 5 nitrogen and oxygen atoms in total. The number of H-pyrrole nitrogens is 1. The quantitative estimate of drug-likeness (QED) is 0.497. The fourth-order valence-electron chi connectivity index (χ4n) is 2.39. The molecule has 146 valence electrons. The number of hydrogen-bond acceptors (Lipinski definition) is 5. The molecule has 0 aliphatic heterocycles. The molecule has 0 fully saturated rings. The third kappa shape index (κ3) is 5.80. The van der Waals surface area contributed by atoms with Crippen LogP contribution >= 0.6 is 23.5 Å². The first kappa shape index (κ1) is 20.3. The van der Waals surface area contributed by atoms with Crippen molar-refractivity contribution in [2.24, 2.45) is 0 Å². The molecule has 0 radical (unpaired) electrons. The number of nitrogens with zero attached hydrogens (tertiary/aromatic N) is 2. The molecule has 0 saturated heterocycles. The van der Waals surface area contributed by atoms with Crippen LogP contribution in [0.2, 0.25) is 0 Å². The van der Waals surface area contributed by atoms with Crippen LogP contribution in [0.3, 0.4) is 0 Å². The molecule has 3 aromatic rings. The Balaban J connectivity index is 1.51. The summed E-state index contributed by atoms with van der Waals surface area (Å²) < 4.78 is 24.6. The van der Waals surface area contributed by atoms with Crippen LogP contribution in [-0.2, 0) is 11.2 Å². The standard InChI is InChI=1S/C19H18F2N4OS2/c1-2-12-3-5-13(6-4-12)17-23-19(25-24-17)27-11-16(26)22-14-7-9-15(10-8-14)28-18(20)21/h3-10,18H,2,11H2,1H3,(H,22,26)(H,23,24,25). The monoisotopic (exact) mass is 420 g/mol. The van der Waals surface area contributed by atoms with Crippen molar-refractivity contribution in [3.63, 3.8) is 0 Å². The topological polar surface area (TPSA) is 70.7 Å². The number of carbonyl (C=O) groups is 1. The number of aryl methyl sites for hydroxylation is 1. The number of thioether (sulfide) groups is 2. The second kappa shape index (κ2) is 9.70. The van der Waals surface area contributed by atoms with Crippen molar-refractivity contribution in [1.82, 2.24) is 15.2 Å². The fraction of sp³-hybridized carbons (Fsp3) is 0.211. The van der Waals surface area contributed by atoms with Gasteiger partial charge in [0.15, 0.2) is 5.82 Å². The Morgan fingerprint density at radius 3 is 2.50 bits per heavy atom. The van der Waals surface area contributed by atoms with E-state index in [0.717, 1.165) is 12.0 Å². The van der Waals surface area contributed by atoms with E-state index in [2.05, 4.69) is 27.4 Å². The summed E-state index contributed by atoms with van der Waals surface area (Å²) in [7, 11) is 0. The first-order valence-electron chi connectivity index (χ1n) is 8.52. The minimum atomic E-state index is -2.47. The summed E-state index contributed by atoms with van der Waals surface area (Å²) in [5.41, 5.74) is 2.73. The van der Waals surface area contributed by atoms with E-state index < -0.39 is 5.76 Å². The number of benzene rings is 2. The lowest BCUT2D eigenvalue weighted by atomic mass is 10.1. The molecule has 0 aliphatic rings. The number of nitrogens with one attached hydrogen (secondary N) is 2. The van der Waals surface area contributed by atoms with E-state index in [-0.39, 0.29) is 11.7 Å². The fourth-order valence-corrected chi connectivity index (χ4v) is 3.48. The predicted molar refractivity (Wildman–Crippen MR) is 109 cm³/mol. The van der Waals surface area contributed by atoms with Gasteiger partial charge in [0.1, 0.15) is 0 Å². The lowest BCUT2D eigenvalue weighted by molar-refractivity contribution is -0.113. The molecule has 2 N–H and O–H groups in total. The van der Waals surface area contributed by atoms with E-state index in [0.29, 0.717) is 33.3 Å². The summed E-state index contributed by atoms with van der Waals surface area (Å²) in [5.74, 6) is -1.90. The van der Waals surface area contributed by atoms with Crippen molar-refractivity contribution in [3.8, 4) is 11.4 Å². The lowest BCUT2D eigenvalue weighted by Gasteiger charge is -2.05. The highest BCUT2D eigenvalue weighted by molar-refractivity contribution is 8.00. The highest BCUT2D eigenvalue weighted by Gasteiger charge is 2.10. The van der Waals surface area contributed by atoms with Crippen molar-refractivity contribution in [2.75, 3.05) is 11.1 Å². The second-order valence-corrected chi connectivity index (χ2v) is 7.76. The van der Waals surface area contributed by atoms with Gasteiger partial charge in [-0.1, -0.05) is 54.7 Å². The molecule has 0 unspecified atom stereocenters. The molecule has 0 aliphatic carbocycles. The van der Waals surface area contributed by atoms with E-state index in [1.807, 2.05) is 24.3 Å². The molecule has 0 saturated carbocycles. The third-order valence-electron chi connectivity index (χ3n) is 3.80.